The number of hydrogen-bond donors (Lipinski definition) is 1. The fourth-order valence-electron chi connectivity index (χ4n) is 5.86. The van der Waals surface area contributed by atoms with Gasteiger partial charge < -0.3 is 0 Å². The molecule has 0 aliphatic heterocycles. The first-order valence-corrected chi connectivity index (χ1v) is 20.7. The summed E-state index contributed by atoms with van der Waals surface area (Å²) in [5, 5.41) is 0. The molecule has 1 N–H and O–H groups in total. The van der Waals surface area contributed by atoms with Gasteiger partial charge in [0.25, 0.3) is 0 Å². The zero-order valence-electron chi connectivity index (χ0n) is 30.0. The van der Waals surface area contributed by atoms with Crippen molar-refractivity contribution in [1.29, 1.82) is 0 Å². The van der Waals surface area contributed by atoms with Crippen LogP contribution >= 0.6 is 0 Å². The number of rotatable bonds is 36. The summed E-state index contributed by atoms with van der Waals surface area (Å²) in [7, 11) is -4.59. The molecule has 0 aromatic heterocycles. The zero-order chi connectivity index (χ0) is 34.0. The molecular formula is C39H72O6S. The average molecular weight is 669 g/mol. The van der Waals surface area contributed by atoms with E-state index < -0.39 is 16.3 Å². The summed E-state index contributed by atoms with van der Waals surface area (Å²) in [5.41, 5.74) is 0. The van der Waals surface area contributed by atoms with E-state index in [1.165, 1.54) is 89.9 Å². The largest absolute Gasteiger partial charge is 0.397 e. The molecule has 0 saturated heterocycles. The lowest BCUT2D eigenvalue weighted by atomic mass is 9.89. The van der Waals surface area contributed by atoms with E-state index in [4.69, 9.17) is 4.55 Å². The molecule has 0 amide bonds. The number of carbonyl (C=O) groups is 2. The van der Waals surface area contributed by atoms with Gasteiger partial charge in [0.1, 0.15) is 11.6 Å². The van der Waals surface area contributed by atoms with Gasteiger partial charge in [-0.1, -0.05) is 141 Å². The monoisotopic (exact) mass is 669 g/mol. The van der Waals surface area contributed by atoms with Crippen molar-refractivity contribution in [2.45, 2.75) is 200 Å². The third kappa shape index (κ3) is 32.6. The van der Waals surface area contributed by atoms with Crippen LogP contribution in [0.3, 0.4) is 0 Å². The topological polar surface area (TPSA) is 97.7 Å². The van der Waals surface area contributed by atoms with E-state index in [9.17, 15) is 18.0 Å². The van der Waals surface area contributed by atoms with Gasteiger partial charge in [-0.25, -0.2) is 4.18 Å². The highest BCUT2D eigenvalue weighted by molar-refractivity contribution is 7.80. The molecule has 0 aromatic rings. The number of carbonyl (C=O) groups excluding carboxylic acids is 2. The molecule has 0 rings (SSSR count). The number of Topliss-reactive ketones (excluding diaryl/α,β-unsaturated/α-hetero) is 2. The van der Waals surface area contributed by atoms with Crippen molar-refractivity contribution in [3.63, 3.8) is 0 Å². The Hall–Kier alpha value is -1.31. The molecular weight excluding hydrogens is 596 g/mol. The van der Waals surface area contributed by atoms with Crippen molar-refractivity contribution in [2.24, 2.45) is 5.92 Å². The second-order valence-electron chi connectivity index (χ2n) is 13.2. The predicted octanol–water partition coefficient (Wildman–Crippen LogP) is 12.0. The first kappa shape index (κ1) is 44.7. The van der Waals surface area contributed by atoms with E-state index in [1.807, 2.05) is 0 Å². The Morgan fingerprint density at radius 3 is 1.15 bits per heavy atom. The van der Waals surface area contributed by atoms with Crippen LogP contribution in [0.1, 0.15) is 200 Å². The van der Waals surface area contributed by atoms with Gasteiger partial charge in [-0.2, -0.15) is 8.42 Å². The van der Waals surface area contributed by atoms with Gasteiger partial charge >= 0.3 is 10.4 Å². The Morgan fingerprint density at radius 2 is 0.826 bits per heavy atom. The molecule has 0 radical (unpaired) electrons. The van der Waals surface area contributed by atoms with Crippen LogP contribution in [0.4, 0.5) is 0 Å². The van der Waals surface area contributed by atoms with E-state index >= 15 is 0 Å². The molecule has 7 heteroatoms. The third-order valence-electron chi connectivity index (χ3n) is 8.79. The van der Waals surface area contributed by atoms with Crippen molar-refractivity contribution in [1.82, 2.24) is 0 Å². The summed E-state index contributed by atoms with van der Waals surface area (Å²) in [6.45, 7) is 4.13. The van der Waals surface area contributed by atoms with Crippen LogP contribution in [0.5, 0.6) is 0 Å². The van der Waals surface area contributed by atoms with Crippen molar-refractivity contribution in [3.05, 3.63) is 24.3 Å². The molecule has 46 heavy (non-hydrogen) atoms. The van der Waals surface area contributed by atoms with Crippen LogP contribution in [0.25, 0.3) is 0 Å². The Labute approximate surface area is 285 Å². The maximum Gasteiger partial charge on any atom is 0.397 e. The number of unbranched alkanes of at least 4 members (excludes halogenated alkanes) is 22. The summed E-state index contributed by atoms with van der Waals surface area (Å²) >= 11 is 0. The lowest BCUT2D eigenvalue weighted by molar-refractivity contribution is -0.133. The van der Waals surface area contributed by atoms with Crippen LogP contribution < -0.4 is 0 Å². The molecule has 0 atom stereocenters. The van der Waals surface area contributed by atoms with E-state index in [0.29, 0.717) is 12.8 Å². The van der Waals surface area contributed by atoms with E-state index in [0.717, 1.165) is 77.0 Å². The molecule has 0 aromatic carbocycles. The van der Waals surface area contributed by atoms with Crippen LogP contribution in [0, 0.1) is 5.92 Å². The van der Waals surface area contributed by atoms with Gasteiger partial charge in [0, 0.05) is 12.8 Å². The van der Waals surface area contributed by atoms with Gasteiger partial charge in [0.15, 0.2) is 0 Å². The Balaban J connectivity index is 4.11. The minimum atomic E-state index is -4.59. The molecule has 0 aliphatic carbocycles. The van der Waals surface area contributed by atoms with Gasteiger partial charge in [-0.3, -0.25) is 14.1 Å². The predicted molar refractivity (Wildman–Crippen MR) is 195 cm³/mol. The second kappa shape index (κ2) is 33.6. The highest BCUT2D eigenvalue weighted by Gasteiger charge is 2.26. The molecule has 270 valence electrons. The van der Waals surface area contributed by atoms with E-state index in [2.05, 4.69) is 42.3 Å². The lowest BCUT2D eigenvalue weighted by Crippen LogP contribution is -2.26. The summed E-state index contributed by atoms with van der Waals surface area (Å²) in [6, 6.07) is 0. The third-order valence-corrected chi connectivity index (χ3v) is 9.25. The first-order chi connectivity index (χ1) is 22.3. The van der Waals surface area contributed by atoms with E-state index in [1.54, 1.807) is 0 Å². The molecule has 0 unspecified atom stereocenters. The van der Waals surface area contributed by atoms with Crippen LogP contribution in [0.2, 0.25) is 0 Å². The zero-order valence-corrected chi connectivity index (χ0v) is 30.8. The molecule has 0 spiro atoms. The smallest absolute Gasteiger partial charge is 0.299 e. The van der Waals surface area contributed by atoms with Crippen LogP contribution in [0.15, 0.2) is 24.3 Å². The fraction of sp³-hybridized carbons (Fsp3) is 0.846. The quantitative estimate of drug-likeness (QED) is 0.0309. The average Bonchev–Trinajstić information content (AvgIpc) is 3.02. The van der Waals surface area contributed by atoms with Crippen molar-refractivity contribution in [3.8, 4) is 0 Å². The number of ketones is 2. The number of allylic oxidation sites excluding steroid dienone is 4. The van der Waals surface area contributed by atoms with Crippen LogP contribution in [-0.4, -0.2) is 31.1 Å². The number of hydrogen-bond acceptors (Lipinski definition) is 5. The van der Waals surface area contributed by atoms with Crippen molar-refractivity contribution >= 4 is 22.0 Å². The maximum atomic E-state index is 12.9. The molecule has 0 heterocycles. The van der Waals surface area contributed by atoms with Gasteiger partial charge in [0.2, 0.25) is 0 Å². The minimum Gasteiger partial charge on any atom is -0.299 e. The first-order valence-electron chi connectivity index (χ1n) is 19.3. The summed E-state index contributed by atoms with van der Waals surface area (Å²) in [6.07, 6.45) is 40.5. The highest BCUT2D eigenvalue weighted by atomic mass is 32.3. The minimum absolute atomic E-state index is 0.00634. The van der Waals surface area contributed by atoms with Gasteiger partial charge in [0.05, 0.1) is 12.5 Å². The Bertz CT molecular complexity index is 812. The van der Waals surface area contributed by atoms with Gasteiger partial charge in [-0.05, 0) is 70.6 Å². The summed E-state index contributed by atoms with van der Waals surface area (Å²) < 4.78 is 35.2. The van der Waals surface area contributed by atoms with Crippen molar-refractivity contribution < 1.29 is 26.7 Å². The molecule has 0 aliphatic rings. The lowest BCUT2D eigenvalue weighted by Gasteiger charge is -2.14. The van der Waals surface area contributed by atoms with Crippen molar-refractivity contribution in [2.75, 3.05) is 6.61 Å². The highest BCUT2D eigenvalue weighted by Crippen LogP contribution is 2.18. The normalized spacial score (nSPS) is 12.3. The fourth-order valence-corrected chi connectivity index (χ4v) is 6.17. The second-order valence-corrected chi connectivity index (χ2v) is 14.3. The summed E-state index contributed by atoms with van der Waals surface area (Å²) in [5.74, 6) is -1.11. The molecule has 0 fully saturated rings. The standard InChI is InChI=1S/C39H72O6S/c1-3-5-7-9-11-13-15-17-19-21-23-25-27-29-31-33-38(40)37(35-36-45-46(42,43)44)39(41)34-32-30-28-26-24-22-20-18-16-14-12-10-8-6-4-2/h17-20,37H,3-16,21-36H2,1-2H3,(H,42,43,44)/b19-17-,20-18-. The van der Waals surface area contributed by atoms with Crippen LogP contribution in [-0.2, 0) is 24.2 Å². The molecule has 0 saturated carbocycles. The summed E-state index contributed by atoms with van der Waals surface area (Å²) in [4.78, 5) is 25.9. The Kier molecular flexibility index (Phi) is 32.6. The SMILES string of the molecule is CCCCCCCC/C=C\CCCCCCCC(=O)C(CCOS(=O)(=O)O)C(=O)CCCCCCC/C=C\CCCCCCCC. The molecule has 0 bridgehead atoms. The van der Waals surface area contributed by atoms with E-state index in [-0.39, 0.29) is 24.6 Å². The van der Waals surface area contributed by atoms with Gasteiger partial charge in [-0.15, -0.1) is 0 Å². The maximum absolute atomic E-state index is 12.9. The Morgan fingerprint density at radius 1 is 0.522 bits per heavy atom. The molecule has 6 nitrogen and oxygen atoms in total.